The Labute approximate surface area is 257 Å². The Morgan fingerprint density at radius 1 is 1.07 bits per heavy atom. The number of hydrogen-bond donors (Lipinski definition) is 0. The lowest BCUT2D eigenvalue weighted by molar-refractivity contribution is -0.210. The summed E-state index contributed by atoms with van der Waals surface area (Å²) in [4.78, 5) is 63.3. The molecule has 44 heavy (non-hydrogen) atoms. The van der Waals surface area contributed by atoms with E-state index >= 15 is 0 Å². The van der Waals surface area contributed by atoms with Crippen molar-refractivity contribution in [2.24, 2.45) is 34.0 Å². The van der Waals surface area contributed by atoms with E-state index < -0.39 is 46.6 Å². The number of rotatable bonds is 6. The molecule has 0 aromatic rings. The number of fused-ring (bicyclic) bond motifs is 1. The third-order valence-electron chi connectivity index (χ3n) is 13.1. The number of hydrogen-bond acceptors (Lipinski definition) is 10. The summed E-state index contributed by atoms with van der Waals surface area (Å²) in [7, 11) is 0. The predicted octanol–water partition coefficient (Wildman–Crippen LogP) is 3.93. The molecule has 7 rings (SSSR count). The molecule has 1 spiro atoms. The average molecular weight is 611 g/mol. The fraction of sp³-hybridized carbons (Fsp3) is 0.735. The summed E-state index contributed by atoms with van der Waals surface area (Å²) in [6, 6.07) is 0. The van der Waals surface area contributed by atoms with Crippen LogP contribution in [0, 0.1) is 34.0 Å². The molecule has 238 valence electrons. The molecule has 11 unspecified atom stereocenters. The van der Waals surface area contributed by atoms with Crippen LogP contribution >= 0.6 is 0 Å². The van der Waals surface area contributed by atoms with E-state index in [1.165, 1.54) is 26.8 Å². The molecule has 1 saturated heterocycles. The number of epoxide rings is 1. The molecule has 7 aliphatic rings. The van der Waals surface area contributed by atoms with Crippen molar-refractivity contribution in [2.75, 3.05) is 6.61 Å². The maximum atomic E-state index is 14.1. The highest BCUT2D eigenvalue weighted by atomic mass is 16.7. The smallest absolute Gasteiger partial charge is 0.337 e. The third-order valence-corrected chi connectivity index (χ3v) is 13.1. The first kappa shape index (κ1) is 29.7. The zero-order valence-corrected chi connectivity index (χ0v) is 26.4. The second kappa shape index (κ2) is 9.27. The molecule has 2 heterocycles. The van der Waals surface area contributed by atoms with E-state index in [1.54, 1.807) is 6.08 Å². The van der Waals surface area contributed by atoms with E-state index in [0.717, 1.165) is 37.7 Å². The lowest BCUT2D eigenvalue weighted by Gasteiger charge is -2.57. The topological polar surface area (TPSA) is 135 Å². The van der Waals surface area contributed by atoms with Crippen LogP contribution in [0.1, 0.15) is 86.5 Å². The van der Waals surface area contributed by atoms with Crippen molar-refractivity contribution in [3.8, 4) is 0 Å². The molecule has 5 fully saturated rings. The van der Waals surface area contributed by atoms with Gasteiger partial charge in [-0.1, -0.05) is 19.4 Å². The molecule has 5 aliphatic carbocycles. The molecule has 11 atom stereocenters. The normalized spacial score (nSPS) is 46.7. The van der Waals surface area contributed by atoms with E-state index in [4.69, 9.17) is 23.7 Å². The maximum Gasteiger partial charge on any atom is 0.337 e. The number of ketones is 1. The van der Waals surface area contributed by atoms with Gasteiger partial charge < -0.3 is 23.7 Å². The Hall–Kier alpha value is -3.01. The minimum absolute atomic E-state index is 0.0728. The minimum atomic E-state index is -1.53. The molecule has 10 heteroatoms. The SMILES string of the molecule is CC(=O)OCC1=C(C)CC(C(C)C2CCC3C2(C)CCC24CC32CC2OC23C(OC(C)=O)C=CC(=O)C34OC(C)=O)OC1=O. The van der Waals surface area contributed by atoms with Crippen LogP contribution in [0.15, 0.2) is 23.3 Å². The summed E-state index contributed by atoms with van der Waals surface area (Å²) in [5.74, 6) is -1.49. The molecule has 0 aromatic carbocycles. The van der Waals surface area contributed by atoms with Gasteiger partial charge in [-0.3, -0.25) is 19.2 Å². The Morgan fingerprint density at radius 3 is 2.48 bits per heavy atom. The van der Waals surface area contributed by atoms with Crippen LogP contribution in [0.5, 0.6) is 0 Å². The highest BCUT2D eigenvalue weighted by molar-refractivity contribution is 6.03. The van der Waals surface area contributed by atoms with Gasteiger partial charge in [0.1, 0.15) is 12.7 Å². The van der Waals surface area contributed by atoms with Crippen molar-refractivity contribution in [2.45, 2.75) is 116 Å². The standard InChI is InChI=1S/C34H42O10/c1-17-13-24(42-29(39)22(17)15-40-19(3)35)18(2)23-7-8-25-30(23,6)11-12-32-16-31(25,32)14-28-33(44-28)27(41-20(4)36)10-9-26(38)34(32,33)43-21(5)37/h9-10,18,23-25,27-28H,7-8,11-16H2,1-6H3. The quantitative estimate of drug-likeness (QED) is 0.247. The fourth-order valence-corrected chi connectivity index (χ4v) is 11.5. The largest absolute Gasteiger partial charge is 0.461 e. The zero-order chi connectivity index (χ0) is 31.6. The number of ether oxygens (including phenoxy) is 5. The third kappa shape index (κ3) is 3.49. The van der Waals surface area contributed by atoms with Gasteiger partial charge in [-0.15, -0.1) is 0 Å². The van der Waals surface area contributed by atoms with Crippen LogP contribution < -0.4 is 0 Å². The van der Waals surface area contributed by atoms with Crippen LogP contribution in [0.25, 0.3) is 0 Å². The Kier molecular flexibility index (Phi) is 6.25. The molecule has 0 amide bonds. The average Bonchev–Trinajstić information content (AvgIpc) is 3.79. The van der Waals surface area contributed by atoms with Gasteiger partial charge in [0.15, 0.2) is 11.7 Å². The molecule has 0 radical (unpaired) electrons. The zero-order valence-electron chi connectivity index (χ0n) is 26.4. The minimum Gasteiger partial charge on any atom is -0.461 e. The lowest BCUT2D eigenvalue weighted by Crippen LogP contribution is -2.72. The van der Waals surface area contributed by atoms with E-state index in [-0.39, 0.29) is 53.2 Å². The first-order chi connectivity index (χ1) is 20.7. The second-order valence-corrected chi connectivity index (χ2v) is 14.8. The molecule has 0 bridgehead atoms. The lowest BCUT2D eigenvalue weighted by atomic mass is 9.47. The van der Waals surface area contributed by atoms with Gasteiger partial charge in [0.2, 0.25) is 11.4 Å². The monoisotopic (exact) mass is 610 g/mol. The Balaban J connectivity index is 1.20. The number of carbonyl (C=O) groups excluding carboxylic acids is 5. The van der Waals surface area contributed by atoms with Crippen LogP contribution in [0.2, 0.25) is 0 Å². The van der Waals surface area contributed by atoms with Crippen molar-refractivity contribution >= 4 is 29.7 Å². The predicted molar refractivity (Wildman–Crippen MR) is 152 cm³/mol. The highest BCUT2D eigenvalue weighted by Crippen LogP contribution is 2.91. The number of esters is 4. The molecule has 2 aliphatic heterocycles. The van der Waals surface area contributed by atoms with Gasteiger partial charge in [-0.25, -0.2) is 4.79 Å². The van der Waals surface area contributed by atoms with Crippen molar-refractivity contribution in [3.63, 3.8) is 0 Å². The molecule has 0 aromatic heterocycles. The van der Waals surface area contributed by atoms with Crippen molar-refractivity contribution in [1.82, 2.24) is 0 Å². The van der Waals surface area contributed by atoms with E-state index in [2.05, 4.69) is 13.8 Å². The van der Waals surface area contributed by atoms with E-state index in [1.807, 2.05) is 6.92 Å². The molecule has 10 nitrogen and oxygen atoms in total. The summed E-state index contributed by atoms with van der Waals surface area (Å²) in [6.07, 6.45) is 7.14. The molecular weight excluding hydrogens is 568 g/mol. The number of carbonyl (C=O) groups is 5. The van der Waals surface area contributed by atoms with Gasteiger partial charge >= 0.3 is 23.9 Å². The van der Waals surface area contributed by atoms with E-state index in [0.29, 0.717) is 18.4 Å². The van der Waals surface area contributed by atoms with Crippen LogP contribution in [-0.2, 0) is 47.7 Å². The van der Waals surface area contributed by atoms with Crippen molar-refractivity contribution in [1.29, 1.82) is 0 Å². The second-order valence-electron chi connectivity index (χ2n) is 14.8. The van der Waals surface area contributed by atoms with Crippen LogP contribution in [0.4, 0.5) is 0 Å². The summed E-state index contributed by atoms with van der Waals surface area (Å²) in [6.45, 7) is 10.4. The first-order valence-electron chi connectivity index (χ1n) is 16.0. The molecule has 0 N–H and O–H groups in total. The summed E-state index contributed by atoms with van der Waals surface area (Å²) in [5, 5.41) is 0. The van der Waals surface area contributed by atoms with E-state index in [9.17, 15) is 24.0 Å². The highest BCUT2D eigenvalue weighted by Gasteiger charge is 2.98. The van der Waals surface area contributed by atoms with Crippen molar-refractivity contribution in [3.05, 3.63) is 23.3 Å². The van der Waals surface area contributed by atoms with Gasteiger partial charge in [-0.2, -0.15) is 0 Å². The Morgan fingerprint density at radius 2 is 1.82 bits per heavy atom. The van der Waals surface area contributed by atoms with Gasteiger partial charge in [0, 0.05) is 32.6 Å². The van der Waals surface area contributed by atoms with Gasteiger partial charge in [0.25, 0.3) is 0 Å². The summed E-state index contributed by atoms with van der Waals surface area (Å²) >= 11 is 0. The van der Waals surface area contributed by atoms with Crippen molar-refractivity contribution < 1.29 is 47.7 Å². The molecular formula is C34H42O10. The van der Waals surface area contributed by atoms with Gasteiger partial charge in [-0.05, 0) is 86.2 Å². The van der Waals surface area contributed by atoms with Crippen LogP contribution in [-0.4, -0.2) is 65.8 Å². The Bertz CT molecular complexity index is 1440. The molecule has 4 saturated carbocycles. The first-order valence-corrected chi connectivity index (χ1v) is 16.0. The maximum absolute atomic E-state index is 14.1. The summed E-state index contributed by atoms with van der Waals surface area (Å²) < 4.78 is 29.5. The fourth-order valence-electron chi connectivity index (χ4n) is 11.5. The van der Waals surface area contributed by atoms with Crippen LogP contribution in [0.3, 0.4) is 0 Å². The number of cyclic esters (lactones) is 1. The van der Waals surface area contributed by atoms with Gasteiger partial charge in [0.05, 0.1) is 11.7 Å². The summed E-state index contributed by atoms with van der Waals surface area (Å²) in [5.41, 5.74) is -2.33.